The van der Waals surface area contributed by atoms with Crippen molar-refractivity contribution in [3.8, 4) is 5.75 Å². The average Bonchev–Trinajstić information content (AvgIpc) is 3.00. The maximum absolute atomic E-state index is 9.89. The monoisotopic (exact) mass is 322 g/mol. The minimum absolute atomic E-state index is 0.221. The van der Waals surface area contributed by atoms with Crippen molar-refractivity contribution in [3.05, 3.63) is 50.6 Å². The Balaban J connectivity index is 1.85. The van der Waals surface area contributed by atoms with Crippen LogP contribution in [0.15, 0.2) is 45.3 Å². The molecule has 1 aromatic carbocycles. The highest BCUT2D eigenvalue weighted by atomic mass is 79.9. The maximum atomic E-state index is 9.89. The summed E-state index contributed by atoms with van der Waals surface area (Å²) in [4.78, 5) is 1.27. The van der Waals surface area contributed by atoms with Gasteiger partial charge in [-0.1, -0.05) is 22.0 Å². The number of hydrogen-bond acceptors (Lipinski definition) is 4. The molecular formula is C13H11BrN2OS. The Hall–Kier alpha value is -1.33. The Morgan fingerprint density at radius 1 is 1.39 bits per heavy atom. The van der Waals surface area contributed by atoms with Gasteiger partial charge in [-0.3, -0.25) is 0 Å². The number of thiophene rings is 1. The van der Waals surface area contributed by atoms with Crippen LogP contribution in [0.25, 0.3) is 0 Å². The van der Waals surface area contributed by atoms with Gasteiger partial charge in [0.25, 0.3) is 0 Å². The van der Waals surface area contributed by atoms with E-state index in [1.54, 1.807) is 17.4 Å². The number of hydrogen-bond donors (Lipinski definition) is 2. The minimum atomic E-state index is 0.221. The molecule has 0 bridgehead atoms. The van der Waals surface area contributed by atoms with Crippen LogP contribution in [-0.4, -0.2) is 10.8 Å². The molecule has 0 unspecified atom stereocenters. The summed E-state index contributed by atoms with van der Waals surface area (Å²) in [5.41, 5.74) is 4.81. The van der Waals surface area contributed by atoms with Gasteiger partial charge in [-0.05, 0) is 29.6 Å². The summed E-state index contributed by atoms with van der Waals surface area (Å²) in [5.74, 6) is 0.269. The topological polar surface area (TPSA) is 44.6 Å². The first-order valence-corrected chi connectivity index (χ1v) is 7.25. The summed E-state index contributed by atoms with van der Waals surface area (Å²) in [5, 5.41) is 16.3. The van der Waals surface area contributed by atoms with Gasteiger partial charge in [0.05, 0.1) is 11.8 Å². The summed E-state index contributed by atoms with van der Waals surface area (Å²) in [6.07, 6.45) is 0.796. The van der Waals surface area contributed by atoms with Gasteiger partial charge in [-0.25, -0.2) is 0 Å². The summed E-state index contributed by atoms with van der Waals surface area (Å²) in [7, 11) is 0. The van der Waals surface area contributed by atoms with E-state index < -0.39 is 0 Å². The van der Waals surface area contributed by atoms with E-state index in [9.17, 15) is 5.11 Å². The number of aromatic hydroxyl groups is 1. The molecule has 92 valence electrons. The highest BCUT2D eigenvalue weighted by molar-refractivity contribution is 9.10. The maximum Gasteiger partial charge on any atom is 0.124 e. The Labute approximate surface area is 117 Å². The molecule has 2 aromatic rings. The number of halogens is 1. The smallest absolute Gasteiger partial charge is 0.124 e. The van der Waals surface area contributed by atoms with Gasteiger partial charge >= 0.3 is 0 Å². The first-order chi connectivity index (χ1) is 8.74. The lowest BCUT2D eigenvalue weighted by atomic mass is 10.0. The predicted octanol–water partition coefficient (Wildman–Crippen LogP) is 3.65. The molecular weight excluding hydrogens is 312 g/mol. The Morgan fingerprint density at radius 3 is 3.06 bits per heavy atom. The highest BCUT2D eigenvalue weighted by Gasteiger charge is 2.23. The fourth-order valence-electron chi connectivity index (χ4n) is 2.00. The van der Waals surface area contributed by atoms with Crippen molar-refractivity contribution in [1.29, 1.82) is 0 Å². The zero-order chi connectivity index (χ0) is 12.5. The van der Waals surface area contributed by atoms with Gasteiger partial charge in [-0.15, -0.1) is 11.3 Å². The molecule has 0 saturated carbocycles. The predicted molar refractivity (Wildman–Crippen MR) is 77.2 cm³/mol. The van der Waals surface area contributed by atoms with E-state index in [-0.39, 0.29) is 11.8 Å². The van der Waals surface area contributed by atoms with Crippen molar-refractivity contribution in [3.63, 3.8) is 0 Å². The van der Waals surface area contributed by atoms with Crippen molar-refractivity contribution in [2.24, 2.45) is 5.10 Å². The molecule has 1 aromatic heterocycles. The van der Waals surface area contributed by atoms with E-state index >= 15 is 0 Å². The van der Waals surface area contributed by atoms with Crippen LogP contribution in [0.5, 0.6) is 5.75 Å². The molecule has 2 heterocycles. The third-order valence-electron chi connectivity index (χ3n) is 2.91. The largest absolute Gasteiger partial charge is 0.507 e. The zero-order valence-electron chi connectivity index (χ0n) is 9.43. The van der Waals surface area contributed by atoms with Crippen LogP contribution < -0.4 is 5.43 Å². The fraction of sp³-hybridized carbons (Fsp3) is 0.154. The summed E-state index contributed by atoms with van der Waals surface area (Å²) in [6.45, 7) is 0. The van der Waals surface area contributed by atoms with E-state index in [0.29, 0.717) is 0 Å². The van der Waals surface area contributed by atoms with Gasteiger partial charge in [0.15, 0.2) is 0 Å². The number of phenolic OH excluding ortho intramolecular Hbond substituents is 1. The quantitative estimate of drug-likeness (QED) is 0.886. The fourth-order valence-corrected chi connectivity index (χ4v) is 3.14. The van der Waals surface area contributed by atoms with E-state index in [1.165, 1.54) is 4.88 Å². The van der Waals surface area contributed by atoms with Gasteiger partial charge in [0.1, 0.15) is 5.75 Å². The molecule has 5 heteroatoms. The number of phenols is 1. The van der Waals surface area contributed by atoms with Crippen LogP contribution in [0, 0.1) is 0 Å². The lowest BCUT2D eigenvalue weighted by Crippen LogP contribution is -2.07. The minimum Gasteiger partial charge on any atom is -0.507 e. The average molecular weight is 323 g/mol. The highest BCUT2D eigenvalue weighted by Crippen LogP contribution is 2.31. The number of benzene rings is 1. The van der Waals surface area contributed by atoms with Crippen LogP contribution in [-0.2, 0) is 0 Å². The van der Waals surface area contributed by atoms with E-state index in [2.05, 4.69) is 37.9 Å². The standard InChI is InChI=1S/C13H11BrN2OS/c14-8-3-4-12(17)9(6-8)10-7-11(16-15-10)13-2-1-5-18-13/h1-6,11,16-17H,7H2/t11-/m1/s1. The third-order valence-corrected chi connectivity index (χ3v) is 4.39. The molecule has 18 heavy (non-hydrogen) atoms. The normalized spacial score (nSPS) is 18.5. The summed E-state index contributed by atoms with van der Waals surface area (Å²) in [6, 6.07) is 9.75. The van der Waals surface area contributed by atoms with Crippen molar-refractivity contribution >= 4 is 33.0 Å². The molecule has 1 aliphatic heterocycles. The molecule has 1 atom stereocenters. The number of nitrogens with one attached hydrogen (secondary N) is 1. The molecule has 0 aliphatic carbocycles. The molecule has 3 nitrogen and oxygen atoms in total. The third kappa shape index (κ3) is 2.15. The second kappa shape index (κ2) is 4.74. The molecule has 0 spiro atoms. The molecule has 1 aliphatic rings. The van der Waals surface area contributed by atoms with Crippen molar-refractivity contribution in [2.75, 3.05) is 0 Å². The van der Waals surface area contributed by atoms with Crippen molar-refractivity contribution < 1.29 is 5.11 Å². The number of nitrogens with zero attached hydrogens (tertiary/aromatic N) is 1. The molecule has 0 radical (unpaired) electrons. The summed E-state index contributed by atoms with van der Waals surface area (Å²) < 4.78 is 0.942. The number of rotatable bonds is 2. The van der Waals surface area contributed by atoms with Gasteiger partial charge in [0.2, 0.25) is 0 Å². The van der Waals surface area contributed by atoms with E-state index in [4.69, 9.17) is 0 Å². The molecule has 3 rings (SSSR count). The lowest BCUT2D eigenvalue weighted by Gasteiger charge is -2.07. The molecule has 0 amide bonds. The lowest BCUT2D eigenvalue weighted by molar-refractivity contribution is 0.474. The Kier molecular flexibility index (Phi) is 3.09. The van der Waals surface area contributed by atoms with Gasteiger partial charge in [-0.2, -0.15) is 5.10 Å². The zero-order valence-corrected chi connectivity index (χ0v) is 11.8. The SMILES string of the molecule is Oc1ccc(Br)cc1C1=NN[C@@H](c2cccs2)C1. The van der Waals surface area contributed by atoms with E-state index in [1.807, 2.05) is 18.2 Å². The van der Waals surface area contributed by atoms with Crippen LogP contribution >= 0.6 is 27.3 Å². The first-order valence-electron chi connectivity index (χ1n) is 5.58. The van der Waals surface area contributed by atoms with Crippen LogP contribution in [0.2, 0.25) is 0 Å². The first kappa shape index (κ1) is 11.7. The second-order valence-electron chi connectivity index (χ2n) is 4.12. The van der Waals surface area contributed by atoms with Crippen LogP contribution in [0.1, 0.15) is 22.9 Å². The van der Waals surface area contributed by atoms with Crippen molar-refractivity contribution in [2.45, 2.75) is 12.5 Å². The molecule has 0 fully saturated rings. The summed E-state index contributed by atoms with van der Waals surface area (Å²) >= 11 is 5.13. The van der Waals surface area contributed by atoms with E-state index in [0.717, 1.165) is 22.2 Å². The second-order valence-corrected chi connectivity index (χ2v) is 6.02. The van der Waals surface area contributed by atoms with Gasteiger partial charge < -0.3 is 10.5 Å². The van der Waals surface area contributed by atoms with Crippen molar-refractivity contribution in [1.82, 2.24) is 5.43 Å². The van der Waals surface area contributed by atoms with Crippen LogP contribution in [0.3, 0.4) is 0 Å². The Bertz CT molecular complexity index is 595. The Morgan fingerprint density at radius 2 is 2.28 bits per heavy atom. The van der Waals surface area contributed by atoms with Gasteiger partial charge in [0, 0.05) is 21.3 Å². The van der Waals surface area contributed by atoms with Crippen LogP contribution in [0.4, 0.5) is 0 Å². The number of hydrazone groups is 1. The molecule has 2 N–H and O–H groups in total. The molecule has 0 saturated heterocycles.